The molecule has 134 valence electrons. The Morgan fingerprint density at radius 3 is 2.80 bits per heavy atom. The minimum atomic E-state index is 0.140. The highest BCUT2D eigenvalue weighted by Crippen LogP contribution is 2.34. The quantitative estimate of drug-likeness (QED) is 0.928. The highest BCUT2D eigenvalue weighted by Gasteiger charge is 2.33. The van der Waals surface area contributed by atoms with Gasteiger partial charge in [0.25, 0.3) is 5.91 Å². The van der Waals surface area contributed by atoms with Crippen LogP contribution in [0.1, 0.15) is 72.5 Å². The van der Waals surface area contributed by atoms with Crippen molar-refractivity contribution in [3.05, 3.63) is 35.4 Å². The van der Waals surface area contributed by atoms with E-state index in [1.54, 1.807) is 6.20 Å². The third-order valence-corrected chi connectivity index (χ3v) is 5.71. The summed E-state index contributed by atoms with van der Waals surface area (Å²) in [4.78, 5) is 15.2. The number of aromatic nitrogens is 4. The lowest BCUT2D eigenvalue weighted by atomic mass is 9.85. The first kappa shape index (κ1) is 16.4. The van der Waals surface area contributed by atoms with Crippen molar-refractivity contribution in [2.24, 2.45) is 0 Å². The van der Waals surface area contributed by atoms with Crippen LogP contribution in [0, 0.1) is 6.92 Å². The average molecular weight is 341 g/mol. The normalized spacial score (nSPS) is 21.8. The number of carbonyl (C=O) groups excluding carboxylic acids is 1. The first-order valence-corrected chi connectivity index (χ1v) is 9.55. The zero-order valence-electron chi connectivity index (χ0n) is 14.9. The van der Waals surface area contributed by atoms with Gasteiger partial charge < -0.3 is 4.90 Å². The first-order valence-electron chi connectivity index (χ1n) is 9.55. The minimum absolute atomic E-state index is 0.140. The fourth-order valence-corrected chi connectivity index (χ4v) is 4.40. The maximum Gasteiger partial charge on any atom is 0.257 e. The molecule has 2 aromatic heterocycles. The molecule has 2 aliphatic rings. The Kier molecular flexibility index (Phi) is 4.59. The van der Waals surface area contributed by atoms with Gasteiger partial charge in [0.15, 0.2) is 0 Å². The Morgan fingerprint density at radius 2 is 2.04 bits per heavy atom. The van der Waals surface area contributed by atoms with E-state index in [1.807, 2.05) is 28.9 Å². The van der Waals surface area contributed by atoms with Crippen molar-refractivity contribution < 1.29 is 4.79 Å². The van der Waals surface area contributed by atoms with Crippen LogP contribution >= 0.6 is 0 Å². The molecule has 1 amide bonds. The smallest absolute Gasteiger partial charge is 0.257 e. The molecule has 2 fully saturated rings. The highest BCUT2D eigenvalue weighted by molar-refractivity contribution is 5.95. The van der Waals surface area contributed by atoms with E-state index in [0.29, 0.717) is 5.92 Å². The van der Waals surface area contributed by atoms with Crippen LogP contribution in [0.15, 0.2) is 18.6 Å². The summed E-state index contributed by atoms with van der Waals surface area (Å²) in [6, 6.07) is 0.223. The fraction of sp³-hybridized carbons (Fsp3) is 0.632. The Labute approximate surface area is 148 Å². The van der Waals surface area contributed by atoms with Crippen LogP contribution in [-0.2, 0) is 6.54 Å². The van der Waals surface area contributed by atoms with Crippen molar-refractivity contribution in [3.8, 4) is 0 Å². The van der Waals surface area contributed by atoms with Crippen molar-refractivity contribution in [1.82, 2.24) is 24.9 Å². The number of aromatic amines is 1. The van der Waals surface area contributed by atoms with E-state index in [1.165, 1.54) is 32.1 Å². The predicted octanol–water partition coefficient (Wildman–Crippen LogP) is 3.27. The van der Waals surface area contributed by atoms with E-state index >= 15 is 0 Å². The largest absolute Gasteiger partial charge is 0.334 e. The van der Waals surface area contributed by atoms with Gasteiger partial charge in [-0.2, -0.15) is 10.2 Å². The summed E-state index contributed by atoms with van der Waals surface area (Å²) in [6.07, 6.45) is 13.9. The van der Waals surface area contributed by atoms with Crippen LogP contribution in [0.5, 0.6) is 0 Å². The van der Waals surface area contributed by atoms with Crippen molar-refractivity contribution in [1.29, 1.82) is 0 Å². The molecule has 4 rings (SSSR count). The third kappa shape index (κ3) is 3.34. The second kappa shape index (κ2) is 7.02. The molecular weight excluding hydrogens is 314 g/mol. The second-order valence-electron chi connectivity index (χ2n) is 7.57. The number of hydrogen-bond acceptors (Lipinski definition) is 3. The molecule has 0 radical (unpaired) electrons. The molecule has 25 heavy (non-hydrogen) atoms. The molecule has 1 atom stereocenters. The second-order valence-corrected chi connectivity index (χ2v) is 7.57. The molecule has 1 N–H and O–H groups in total. The van der Waals surface area contributed by atoms with Gasteiger partial charge >= 0.3 is 0 Å². The number of carbonyl (C=O) groups is 1. The number of nitrogens with one attached hydrogen (secondary N) is 1. The first-order chi connectivity index (χ1) is 12.2. The zero-order valence-corrected chi connectivity index (χ0v) is 14.9. The summed E-state index contributed by atoms with van der Waals surface area (Å²) in [5.41, 5.74) is 3.01. The Hall–Kier alpha value is -2.11. The van der Waals surface area contributed by atoms with Crippen LogP contribution < -0.4 is 0 Å². The van der Waals surface area contributed by atoms with Crippen LogP contribution in [0.25, 0.3) is 0 Å². The van der Waals surface area contributed by atoms with Crippen LogP contribution in [0.4, 0.5) is 0 Å². The Morgan fingerprint density at radius 1 is 1.20 bits per heavy atom. The average Bonchev–Trinajstić information content (AvgIpc) is 3.36. The van der Waals surface area contributed by atoms with E-state index in [2.05, 4.69) is 15.3 Å². The lowest BCUT2D eigenvalue weighted by molar-refractivity contribution is 0.0719. The number of likely N-dealkylation sites (tertiary alicyclic amines) is 1. The number of nitrogens with zero attached hydrogens (tertiary/aromatic N) is 4. The van der Waals surface area contributed by atoms with Gasteiger partial charge in [0.05, 0.1) is 36.2 Å². The highest BCUT2D eigenvalue weighted by atomic mass is 16.2. The Bertz CT molecular complexity index is 728. The number of aryl methyl sites for hydroxylation is 1. The van der Waals surface area contributed by atoms with E-state index in [9.17, 15) is 4.79 Å². The molecule has 2 aromatic rings. The van der Waals surface area contributed by atoms with Crippen LogP contribution in [-0.4, -0.2) is 43.4 Å². The fourth-order valence-electron chi connectivity index (χ4n) is 4.40. The van der Waals surface area contributed by atoms with Gasteiger partial charge in [-0.15, -0.1) is 0 Å². The molecule has 1 saturated heterocycles. The molecule has 3 heterocycles. The number of amides is 1. The molecule has 6 nitrogen and oxygen atoms in total. The molecule has 1 aliphatic carbocycles. The molecule has 6 heteroatoms. The SMILES string of the molecule is Cc1cnn(CC2CCCN2C(=O)c2cn[nH]c2C2CCCCC2)c1. The summed E-state index contributed by atoms with van der Waals surface area (Å²) < 4.78 is 1.96. The predicted molar refractivity (Wildman–Crippen MR) is 95.4 cm³/mol. The molecule has 0 spiro atoms. The van der Waals surface area contributed by atoms with Gasteiger partial charge in [0.2, 0.25) is 0 Å². The maximum atomic E-state index is 13.2. The van der Waals surface area contributed by atoms with Crippen molar-refractivity contribution in [2.45, 2.75) is 70.4 Å². The van der Waals surface area contributed by atoms with Crippen LogP contribution in [0.3, 0.4) is 0 Å². The van der Waals surface area contributed by atoms with E-state index in [-0.39, 0.29) is 11.9 Å². The molecule has 1 saturated carbocycles. The molecule has 1 aliphatic heterocycles. The van der Waals surface area contributed by atoms with Gasteiger partial charge in [-0.3, -0.25) is 14.6 Å². The standard InChI is InChI=1S/C19H27N5O/c1-14-10-21-23(12-14)13-16-8-5-9-24(16)19(25)17-11-20-22-18(17)15-6-3-2-4-7-15/h10-12,15-16H,2-9,13H2,1H3,(H,20,22). The summed E-state index contributed by atoms with van der Waals surface area (Å²) in [7, 11) is 0. The summed E-state index contributed by atoms with van der Waals surface area (Å²) >= 11 is 0. The topological polar surface area (TPSA) is 66.8 Å². The summed E-state index contributed by atoms with van der Waals surface area (Å²) in [6.45, 7) is 3.65. The lowest BCUT2D eigenvalue weighted by Gasteiger charge is -2.26. The van der Waals surface area contributed by atoms with Gasteiger partial charge in [0.1, 0.15) is 0 Å². The minimum Gasteiger partial charge on any atom is -0.334 e. The van der Waals surface area contributed by atoms with E-state index in [4.69, 9.17) is 0 Å². The van der Waals surface area contributed by atoms with Gasteiger partial charge in [0, 0.05) is 18.7 Å². The number of rotatable bonds is 4. The summed E-state index contributed by atoms with van der Waals surface area (Å²) in [5, 5.41) is 11.7. The lowest BCUT2D eigenvalue weighted by Crippen LogP contribution is -2.38. The maximum absolute atomic E-state index is 13.2. The number of hydrogen-bond donors (Lipinski definition) is 1. The Balaban J connectivity index is 1.51. The molecule has 0 bridgehead atoms. The molecular formula is C19H27N5O. The van der Waals surface area contributed by atoms with Crippen LogP contribution in [0.2, 0.25) is 0 Å². The summed E-state index contributed by atoms with van der Waals surface area (Å²) in [5.74, 6) is 0.603. The van der Waals surface area contributed by atoms with Gasteiger partial charge in [-0.1, -0.05) is 19.3 Å². The van der Waals surface area contributed by atoms with Gasteiger partial charge in [-0.25, -0.2) is 0 Å². The molecule has 1 unspecified atom stereocenters. The van der Waals surface area contributed by atoms with E-state index < -0.39 is 0 Å². The number of H-pyrrole nitrogens is 1. The monoisotopic (exact) mass is 341 g/mol. The van der Waals surface area contributed by atoms with Crippen molar-refractivity contribution in [2.75, 3.05) is 6.54 Å². The zero-order chi connectivity index (χ0) is 17.2. The van der Waals surface area contributed by atoms with Crippen molar-refractivity contribution in [3.63, 3.8) is 0 Å². The van der Waals surface area contributed by atoms with Gasteiger partial charge in [-0.05, 0) is 38.2 Å². The van der Waals surface area contributed by atoms with E-state index in [0.717, 1.165) is 42.8 Å². The molecule has 0 aromatic carbocycles. The van der Waals surface area contributed by atoms with Crippen molar-refractivity contribution >= 4 is 5.91 Å². The third-order valence-electron chi connectivity index (χ3n) is 5.71.